The average molecular weight is 456 g/mol. The highest BCUT2D eigenvalue weighted by molar-refractivity contribution is 7.91. The Morgan fingerprint density at radius 2 is 1.65 bits per heavy atom. The fourth-order valence-corrected chi connectivity index (χ4v) is 6.58. The van der Waals surface area contributed by atoms with Crippen LogP contribution in [0.4, 0.5) is 17.1 Å². The SMILES string of the molecule is Cc1ccc(S(=O)(=O)N2CCC[C@@H](C(=O)Nc3ccc(Nc4ccccc4)cc3)C2)s1. The van der Waals surface area contributed by atoms with Crippen molar-refractivity contribution >= 4 is 44.3 Å². The first-order chi connectivity index (χ1) is 14.9. The van der Waals surface area contributed by atoms with E-state index in [-0.39, 0.29) is 18.4 Å². The lowest BCUT2D eigenvalue weighted by atomic mass is 9.98. The maximum atomic E-state index is 12.9. The van der Waals surface area contributed by atoms with Crippen LogP contribution in [0.3, 0.4) is 0 Å². The van der Waals surface area contributed by atoms with Gasteiger partial charge < -0.3 is 10.6 Å². The van der Waals surface area contributed by atoms with Gasteiger partial charge in [0.2, 0.25) is 5.91 Å². The Bertz CT molecular complexity index is 1140. The van der Waals surface area contributed by atoms with Gasteiger partial charge in [-0.05, 0) is 68.3 Å². The molecule has 1 atom stereocenters. The number of rotatable bonds is 6. The number of benzene rings is 2. The average Bonchev–Trinajstić information content (AvgIpc) is 3.23. The molecule has 2 heterocycles. The Morgan fingerprint density at radius 1 is 0.968 bits per heavy atom. The Kier molecular flexibility index (Phi) is 6.41. The summed E-state index contributed by atoms with van der Waals surface area (Å²) >= 11 is 1.27. The van der Waals surface area contributed by atoms with E-state index in [1.165, 1.54) is 15.6 Å². The lowest BCUT2D eigenvalue weighted by molar-refractivity contribution is -0.120. The number of anilines is 3. The normalized spacial score (nSPS) is 17.3. The van der Waals surface area contributed by atoms with Crippen molar-refractivity contribution in [1.82, 2.24) is 4.31 Å². The van der Waals surface area contributed by atoms with Crippen molar-refractivity contribution < 1.29 is 13.2 Å². The molecule has 0 saturated carbocycles. The van der Waals surface area contributed by atoms with Crippen LogP contribution in [-0.4, -0.2) is 31.7 Å². The Morgan fingerprint density at radius 3 is 2.32 bits per heavy atom. The Hall–Kier alpha value is -2.68. The van der Waals surface area contributed by atoms with Crippen molar-refractivity contribution in [2.75, 3.05) is 23.7 Å². The van der Waals surface area contributed by atoms with Gasteiger partial charge in [0.25, 0.3) is 10.0 Å². The summed E-state index contributed by atoms with van der Waals surface area (Å²) in [4.78, 5) is 13.8. The van der Waals surface area contributed by atoms with Gasteiger partial charge in [-0.2, -0.15) is 4.31 Å². The van der Waals surface area contributed by atoms with E-state index in [2.05, 4.69) is 10.6 Å². The molecule has 1 fully saturated rings. The summed E-state index contributed by atoms with van der Waals surface area (Å²) in [5.74, 6) is -0.516. The number of nitrogens with zero attached hydrogens (tertiary/aromatic N) is 1. The van der Waals surface area contributed by atoms with E-state index in [4.69, 9.17) is 0 Å². The molecule has 3 aromatic rings. The molecular formula is C23H25N3O3S2. The standard InChI is InChI=1S/C23H25N3O3S2/c1-17-9-14-22(30-17)31(28,29)26-15-5-6-18(16-26)23(27)25-21-12-10-20(11-13-21)24-19-7-3-2-4-8-19/h2-4,7-14,18,24H,5-6,15-16H2,1H3,(H,25,27)/t18-/m1/s1. The molecular weight excluding hydrogens is 430 g/mol. The molecule has 0 unspecified atom stereocenters. The number of nitrogens with one attached hydrogen (secondary N) is 2. The van der Waals surface area contributed by atoms with Crippen LogP contribution in [0.1, 0.15) is 17.7 Å². The predicted molar refractivity (Wildman–Crippen MR) is 125 cm³/mol. The lowest BCUT2D eigenvalue weighted by Gasteiger charge is -2.30. The second kappa shape index (κ2) is 9.21. The zero-order valence-corrected chi connectivity index (χ0v) is 18.9. The molecule has 1 aliphatic rings. The van der Waals surface area contributed by atoms with Gasteiger partial charge in [-0.3, -0.25) is 4.79 Å². The molecule has 0 aliphatic carbocycles. The number of carbonyl (C=O) groups excluding carboxylic acids is 1. The molecule has 4 rings (SSSR count). The molecule has 0 spiro atoms. The summed E-state index contributed by atoms with van der Waals surface area (Å²) in [6.07, 6.45) is 1.34. The van der Waals surface area contributed by atoms with E-state index in [1.54, 1.807) is 6.07 Å². The maximum absolute atomic E-state index is 12.9. The van der Waals surface area contributed by atoms with Crippen molar-refractivity contribution in [3.63, 3.8) is 0 Å². The number of hydrogen-bond acceptors (Lipinski definition) is 5. The molecule has 0 radical (unpaired) electrons. The summed E-state index contributed by atoms with van der Waals surface area (Å²) in [5.41, 5.74) is 2.60. The first kappa shape index (κ1) is 21.5. The van der Waals surface area contributed by atoms with Crippen molar-refractivity contribution in [2.24, 2.45) is 5.92 Å². The first-order valence-electron chi connectivity index (χ1n) is 10.2. The van der Waals surface area contributed by atoms with Crippen LogP contribution >= 0.6 is 11.3 Å². The highest BCUT2D eigenvalue weighted by atomic mass is 32.2. The van der Waals surface area contributed by atoms with Crippen LogP contribution in [0.5, 0.6) is 0 Å². The molecule has 8 heteroatoms. The fraction of sp³-hybridized carbons (Fsp3) is 0.261. The van der Waals surface area contributed by atoms with E-state index in [1.807, 2.05) is 67.6 Å². The van der Waals surface area contributed by atoms with Crippen molar-refractivity contribution in [3.8, 4) is 0 Å². The predicted octanol–water partition coefficient (Wildman–Crippen LogP) is 4.84. The largest absolute Gasteiger partial charge is 0.356 e. The van der Waals surface area contributed by atoms with Gasteiger partial charge in [0.1, 0.15) is 4.21 Å². The minimum atomic E-state index is -3.55. The monoisotopic (exact) mass is 455 g/mol. The Balaban J connectivity index is 1.38. The van der Waals surface area contributed by atoms with Gasteiger partial charge in [-0.1, -0.05) is 18.2 Å². The molecule has 1 aliphatic heterocycles. The van der Waals surface area contributed by atoms with E-state index >= 15 is 0 Å². The second-order valence-corrected chi connectivity index (χ2v) is 11.1. The quantitative estimate of drug-likeness (QED) is 0.558. The summed E-state index contributed by atoms with van der Waals surface area (Å²) < 4.78 is 27.6. The summed E-state index contributed by atoms with van der Waals surface area (Å²) in [5, 5.41) is 6.24. The van der Waals surface area contributed by atoms with E-state index in [0.29, 0.717) is 29.3 Å². The molecule has 31 heavy (non-hydrogen) atoms. The van der Waals surface area contributed by atoms with Crippen LogP contribution in [0, 0.1) is 12.8 Å². The lowest BCUT2D eigenvalue weighted by Crippen LogP contribution is -2.43. The molecule has 2 N–H and O–H groups in total. The van der Waals surface area contributed by atoms with E-state index < -0.39 is 10.0 Å². The molecule has 1 aromatic heterocycles. The minimum Gasteiger partial charge on any atom is -0.356 e. The number of thiophene rings is 1. The number of hydrogen-bond donors (Lipinski definition) is 2. The highest BCUT2D eigenvalue weighted by Gasteiger charge is 2.34. The van der Waals surface area contributed by atoms with Crippen LogP contribution in [0.25, 0.3) is 0 Å². The maximum Gasteiger partial charge on any atom is 0.252 e. The molecule has 162 valence electrons. The topological polar surface area (TPSA) is 78.5 Å². The number of amides is 1. The van der Waals surface area contributed by atoms with Crippen molar-refractivity contribution in [1.29, 1.82) is 0 Å². The number of aryl methyl sites for hydroxylation is 1. The van der Waals surface area contributed by atoms with Crippen LogP contribution < -0.4 is 10.6 Å². The number of piperidine rings is 1. The number of carbonyl (C=O) groups is 1. The van der Waals surface area contributed by atoms with Gasteiger partial charge in [0, 0.05) is 35.0 Å². The van der Waals surface area contributed by atoms with Crippen LogP contribution in [-0.2, 0) is 14.8 Å². The zero-order valence-electron chi connectivity index (χ0n) is 17.2. The van der Waals surface area contributed by atoms with E-state index in [9.17, 15) is 13.2 Å². The smallest absolute Gasteiger partial charge is 0.252 e. The summed E-state index contributed by atoms with van der Waals surface area (Å²) in [7, 11) is -3.55. The molecule has 2 aromatic carbocycles. The van der Waals surface area contributed by atoms with Gasteiger partial charge in [0.05, 0.1) is 5.92 Å². The third kappa shape index (κ3) is 5.15. The third-order valence-electron chi connectivity index (χ3n) is 5.28. The minimum absolute atomic E-state index is 0.147. The third-order valence-corrected chi connectivity index (χ3v) is 8.61. The van der Waals surface area contributed by atoms with Crippen LogP contribution in [0.2, 0.25) is 0 Å². The molecule has 6 nitrogen and oxygen atoms in total. The van der Waals surface area contributed by atoms with E-state index in [0.717, 1.165) is 16.3 Å². The summed E-state index contributed by atoms with van der Waals surface area (Å²) in [6.45, 7) is 2.54. The van der Waals surface area contributed by atoms with Crippen molar-refractivity contribution in [3.05, 3.63) is 71.6 Å². The Labute approximate surface area is 187 Å². The number of sulfonamides is 1. The molecule has 0 bridgehead atoms. The van der Waals surface area contributed by atoms with Gasteiger partial charge in [-0.25, -0.2) is 8.42 Å². The molecule has 1 amide bonds. The first-order valence-corrected chi connectivity index (χ1v) is 12.5. The fourth-order valence-electron chi connectivity index (χ4n) is 3.62. The van der Waals surface area contributed by atoms with Gasteiger partial charge >= 0.3 is 0 Å². The number of para-hydroxylation sites is 1. The van der Waals surface area contributed by atoms with Crippen molar-refractivity contribution in [2.45, 2.75) is 24.0 Å². The van der Waals surface area contributed by atoms with Crippen LogP contribution in [0.15, 0.2) is 70.9 Å². The summed E-state index contributed by atoms with van der Waals surface area (Å²) in [6, 6.07) is 20.8. The zero-order chi connectivity index (χ0) is 21.8. The second-order valence-electron chi connectivity index (χ2n) is 7.62. The molecule has 1 saturated heterocycles. The highest BCUT2D eigenvalue weighted by Crippen LogP contribution is 2.29. The van der Waals surface area contributed by atoms with Gasteiger partial charge in [-0.15, -0.1) is 11.3 Å². The van der Waals surface area contributed by atoms with Gasteiger partial charge in [0.15, 0.2) is 0 Å².